The monoisotopic (exact) mass is 410 g/mol. The molecule has 29 heavy (non-hydrogen) atoms. The van der Waals surface area contributed by atoms with Gasteiger partial charge in [0, 0.05) is 12.2 Å². The maximum atomic E-state index is 12.5. The highest BCUT2D eigenvalue weighted by Gasteiger charge is 2.23. The molecule has 0 unspecified atom stereocenters. The number of methoxy groups -OCH3 is 2. The number of hydrogen-bond acceptors (Lipinski definition) is 5. The van der Waals surface area contributed by atoms with Gasteiger partial charge in [0.15, 0.2) is 11.5 Å². The van der Waals surface area contributed by atoms with Gasteiger partial charge in [0.05, 0.1) is 19.8 Å². The third kappa shape index (κ3) is 5.24. The van der Waals surface area contributed by atoms with E-state index in [4.69, 9.17) is 9.47 Å². The predicted octanol–water partition coefficient (Wildman–Crippen LogP) is 3.25. The lowest BCUT2D eigenvalue weighted by molar-refractivity contribution is -0.0512. The molecule has 1 heterocycles. The zero-order valence-electron chi connectivity index (χ0n) is 16.7. The summed E-state index contributed by atoms with van der Waals surface area (Å²) in [6.07, 6.45) is 0.927. The van der Waals surface area contributed by atoms with Crippen LogP contribution in [0.2, 0.25) is 0 Å². The van der Waals surface area contributed by atoms with Crippen LogP contribution in [0.25, 0.3) is 0 Å². The summed E-state index contributed by atoms with van der Waals surface area (Å²) in [5, 5.41) is 2.76. The van der Waals surface area contributed by atoms with Crippen LogP contribution >= 0.6 is 0 Å². The number of H-pyrrole nitrogens is 1. The Hall–Kier alpha value is -3.10. The highest BCUT2D eigenvalue weighted by Crippen LogP contribution is 2.29. The lowest BCUT2D eigenvalue weighted by atomic mass is 10.1. The summed E-state index contributed by atoms with van der Waals surface area (Å²) in [6, 6.07) is 4.68. The topological polar surface area (TPSA) is 89.7 Å². The minimum Gasteiger partial charge on any atom is -0.493 e. The second kappa shape index (κ2) is 9.90. The van der Waals surface area contributed by atoms with Gasteiger partial charge in [-0.15, -0.1) is 0 Å². The molecule has 0 atom stereocenters. The van der Waals surface area contributed by atoms with Crippen molar-refractivity contribution in [1.82, 2.24) is 10.3 Å². The number of amides is 1. The SMILES string of the molecule is CCc1[nH]c(C(=O)NCCc2ccc(OC)c(OC(F)F)c2)c(C)c1C(=O)OC. The first-order valence-electron chi connectivity index (χ1n) is 9.02. The van der Waals surface area contributed by atoms with Gasteiger partial charge in [-0.25, -0.2) is 4.79 Å². The van der Waals surface area contributed by atoms with Crippen LogP contribution in [-0.2, 0) is 17.6 Å². The lowest BCUT2D eigenvalue weighted by Crippen LogP contribution is -2.26. The molecule has 0 saturated carbocycles. The van der Waals surface area contributed by atoms with Gasteiger partial charge in [0.2, 0.25) is 0 Å². The summed E-state index contributed by atoms with van der Waals surface area (Å²) in [7, 11) is 2.65. The Bertz CT molecular complexity index is 880. The van der Waals surface area contributed by atoms with Gasteiger partial charge >= 0.3 is 12.6 Å². The first kappa shape index (κ1) is 22.2. The third-order valence-electron chi connectivity index (χ3n) is 4.44. The molecule has 2 rings (SSSR count). The van der Waals surface area contributed by atoms with E-state index in [1.807, 2.05) is 6.92 Å². The van der Waals surface area contributed by atoms with Gasteiger partial charge in [0.25, 0.3) is 5.91 Å². The van der Waals surface area contributed by atoms with Crippen LogP contribution in [0.15, 0.2) is 18.2 Å². The van der Waals surface area contributed by atoms with Crippen molar-refractivity contribution in [3.63, 3.8) is 0 Å². The second-order valence-electron chi connectivity index (χ2n) is 6.19. The van der Waals surface area contributed by atoms with E-state index in [0.717, 1.165) is 0 Å². The average molecular weight is 410 g/mol. The first-order chi connectivity index (χ1) is 13.8. The summed E-state index contributed by atoms with van der Waals surface area (Å²) in [5.41, 5.74) is 2.49. The fourth-order valence-electron chi connectivity index (χ4n) is 3.00. The number of aryl methyl sites for hydroxylation is 1. The Balaban J connectivity index is 2.07. The van der Waals surface area contributed by atoms with E-state index in [0.29, 0.717) is 40.9 Å². The van der Waals surface area contributed by atoms with Crippen molar-refractivity contribution in [1.29, 1.82) is 0 Å². The van der Waals surface area contributed by atoms with Crippen LogP contribution in [-0.4, -0.2) is 44.2 Å². The molecule has 158 valence electrons. The van der Waals surface area contributed by atoms with Gasteiger partial charge in [-0.2, -0.15) is 8.78 Å². The number of hydrogen-bond donors (Lipinski definition) is 2. The normalized spacial score (nSPS) is 10.7. The molecule has 7 nitrogen and oxygen atoms in total. The molecule has 0 saturated heterocycles. The molecular formula is C20H24F2N2O5. The minimum atomic E-state index is -2.97. The predicted molar refractivity (Wildman–Crippen MR) is 102 cm³/mol. The average Bonchev–Trinajstić information content (AvgIpc) is 3.03. The summed E-state index contributed by atoms with van der Waals surface area (Å²) >= 11 is 0. The summed E-state index contributed by atoms with van der Waals surface area (Å²) < 4.78 is 39.3. The zero-order chi connectivity index (χ0) is 21.6. The Labute approximate surface area is 167 Å². The van der Waals surface area contributed by atoms with Gasteiger partial charge in [-0.05, 0) is 43.0 Å². The highest BCUT2D eigenvalue weighted by molar-refractivity contribution is 6.00. The number of alkyl halides is 2. The van der Waals surface area contributed by atoms with Crippen molar-refractivity contribution >= 4 is 11.9 Å². The second-order valence-corrected chi connectivity index (χ2v) is 6.19. The molecule has 1 amide bonds. The molecule has 0 fully saturated rings. The Morgan fingerprint density at radius 3 is 2.52 bits per heavy atom. The number of carbonyl (C=O) groups is 2. The first-order valence-corrected chi connectivity index (χ1v) is 9.02. The van der Waals surface area contributed by atoms with Crippen molar-refractivity contribution in [3.05, 3.63) is 46.3 Å². The van der Waals surface area contributed by atoms with Crippen molar-refractivity contribution < 1.29 is 32.6 Å². The van der Waals surface area contributed by atoms with E-state index in [9.17, 15) is 18.4 Å². The van der Waals surface area contributed by atoms with E-state index >= 15 is 0 Å². The molecular weight excluding hydrogens is 386 g/mol. The molecule has 9 heteroatoms. The standard InChI is InChI=1S/C20H24F2N2O5/c1-5-13-16(19(26)28-4)11(2)17(24-13)18(25)23-9-8-12-6-7-14(27-3)15(10-12)29-20(21)22/h6-7,10,20,24H,5,8-9H2,1-4H3,(H,23,25). The van der Waals surface area contributed by atoms with E-state index in [-0.39, 0.29) is 24.0 Å². The van der Waals surface area contributed by atoms with Crippen LogP contribution in [0.5, 0.6) is 11.5 Å². The smallest absolute Gasteiger partial charge is 0.387 e. The van der Waals surface area contributed by atoms with E-state index in [1.165, 1.54) is 26.4 Å². The molecule has 0 radical (unpaired) electrons. The van der Waals surface area contributed by atoms with Gasteiger partial charge in [-0.3, -0.25) is 4.79 Å². The largest absolute Gasteiger partial charge is 0.493 e. The van der Waals surface area contributed by atoms with E-state index in [1.54, 1.807) is 13.0 Å². The number of aromatic amines is 1. The van der Waals surface area contributed by atoms with Crippen LogP contribution in [0.4, 0.5) is 8.78 Å². The van der Waals surface area contributed by atoms with Crippen molar-refractivity contribution in [2.75, 3.05) is 20.8 Å². The van der Waals surface area contributed by atoms with Crippen molar-refractivity contribution in [2.24, 2.45) is 0 Å². The number of carbonyl (C=O) groups excluding carboxylic acids is 2. The molecule has 2 aromatic rings. The van der Waals surface area contributed by atoms with E-state index < -0.39 is 12.6 Å². The quantitative estimate of drug-likeness (QED) is 0.620. The van der Waals surface area contributed by atoms with Gasteiger partial charge < -0.3 is 24.5 Å². The lowest BCUT2D eigenvalue weighted by Gasteiger charge is -2.12. The summed E-state index contributed by atoms with van der Waals surface area (Å²) in [4.78, 5) is 27.5. The number of benzene rings is 1. The van der Waals surface area contributed by atoms with Crippen molar-refractivity contribution in [2.45, 2.75) is 33.3 Å². The highest BCUT2D eigenvalue weighted by atomic mass is 19.3. The molecule has 2 N–H and O–H groups in total. The van der Waals surface area contributed by atoms with Gasteiger partial charge in [0.1, 0.15) is 5.69 Å². The third-order valence-corrected chi connectivity index (χ3v) is 4.44. The maximum absolute atomic E-state index is 12.5. The van der Waals surface area contributed by atoms with Crippen LogP contribution in [0.3, 0.4) is 0 Å². The Morgan fingerprint density at radius 2 is 1.93 bits per heavy atom. The minimum absolute atomic E-state index is 0.0677. The van der Waals surface area contributed by atoms with Gasteiger partial charge in [-0.1, -0.05) is 13.0 Å². The number of nitrogens with one attached hydrogen (secondary N) is 2. The molecule has 0 aliphatic rings. The maximum Gasteiger partial charge on any atom is 0.387 e. The number of ether oxygens (including phenoxy) is 3. The molecule has 0 aliphatic heterocycles. The van der Waals surface area contributed by atoms with Crippen LogP contribution < -0.4 is 14.8 Å². The summed E-state index contributed by atoms with van der Waals surface area (Å²) in [5.74, 6) is -0.742. The van der Waals surface area contributed by atoms with Crippen LogP contribution in [0, 0.1) is 6.92 Å². The number of aromatic nitrogens is 1. The molecule has 0 aliphatic carbocycles. The fraction of sp³-hybridized carbons (Fsp3) is 0.400. The van der Waals surface area contributed by atoms with Crippen LogP contribution in [0.1, 0.15) is 44.6 Å². The van der Waals surface area contributed by atoms with Crippen molar-refractivity contribution in [3.8, 4) is 11.5 Å². The Morgan fingerprint density at radius 1 is 1.21 bits per heavy atom. The number of halogens is 2. The molecule has 1 aromatic carbocycles. The van der Waals surface area contributed by atoms with E-state index in [2.05, 4.69) is 15.0 Å². The fourth-order valence-corrected chi connectivity index (χ4v) is 3.00. The molecule has 0 spiro atoms. The Kier molecular flexibility index (Phi) is 7.58. The zero-order valence-corrected chi connectivity index (χ0v) is 16.7. The summed E-state index contributed by atoms with van der Waals surface area (Å²) in [6.45, 7) is 0.829. The molecule has 0 bridgehead atoms. The number of esters is 1. The number of rotatable bonds is 9. The molecule has 1 aromatic heterocycles.